The van der Waals surface area contributed by atoms with Crippen LogP contribution in [0.5, 0.6) is 0 Å². The van der Waals surface area contributed by atoms with Crippen LogP contribution in [0.3, 0.4) is 0 Å². The number of rotatable bonds is 6. The fourth-order valence-electron chi connectivity index (χ4n) is 4.18. The highest BCUT2D eigenvalue weighted by Gasteiger charge is 2.22. The van der Waals surface area contributed by atoms with Gasteiger partial charge in [-0.25, -0.2) is 0 Å². The van der Waals surface area contributed by atoms with Crippen LogP contribution in [0.4, 0.5) is 0 Å². The van der Waals surface area contributed by atoms with Crippen molar-refractivity contribution in [3.05, 3.63) is 52.3 Å². The van der Waals surface area contributed by atoms with E-state index in [0.717, 1.165) is 37.8 Å². The Bertz CT molecular complexity index is 865. The lowest BCUT2D eigenvalue weighted by atomic mass is 10.1. The van der Waals surface area contributed by atoms with E-state index in [0.29, 0.717) is 6.54 Å². The lowest BCUT2D eigenvalue weighted by Gasteiger charge is -2.35. The molecule has 3 rings (SSSR count). The molecule has 1 aliphatic heterocycles. The van der Waals surface area contributed by atoms with E-state index in [1.165, 1.54) is 22.4 Å². The first-order valence-corrected chi connectivity index (χ1v) is 10.8. The number of morpholine rings is 1. The summed E-state index contributed by atoms with van der Waals surface area (Å²) in [7, 11) is 3.78. The third kappa shape index (κ3) is 5.61. The minimum atomic E-state index is 0.279. The highest BCUT2D eigenvalue weighted by molar-refractivity contribution is 5.79. The summed E-state index contributed by atoms with van der Waals surface area (Å²) in [5.74, 6) is 0.793. The zero-order chi connectivity index (χ0) is 21.7. The van der Waals surface area contributed by atoms with Crippen LogP contribution in [0.25, 0.3) is 0 Å². The Hall–Kier alpha value is -2.38. The van der Waals surface area contributed by atoms with Crippen molar-refractivity contribution in [1.29, 1.82) is 0 Å². The average Bonchev–Trinajstić information content (AvgIpc) is 2.94. The number of hydrogen-bond donors (Lipinski definition) is 2. The number of hydrogen-bond acceptors (Lipinski definition) is 4. The van der Waals surface area contributed by atoms with Crippen LogP contribution in [0.1, 0.15) is 41.9 Å². The number of benzene rings is 1. The summed E-state index contributed by atoms with van der Waals surface area (Å²) in [6.45, 7) is 12.8. The maximum absolute atomic E-state index is 5.88. The molecular formula is C23H36N6O. The van der Waals surface area contributed by atoms with Gasteiger partial charge in [-0.2, -0.15) is 5.10 Å². The van der Waals surface area contributed by atoms with Gasteiger partial charge < -0.3 is 15.4 Å². The van der Waals surface area contributed by atoms with Crippen molar-refractivity contribution in [2.75, 3.05) is 20.1 Å². The Morgan fingerprint density at radius 1 is 1.10 bits per heavy atom. The highest BCUT2D eigenvalue weighted by atomic mass is 16.5. The fourth-order valence-corrected chi connectivity index (χ4v) is 4.18. The van der Waals surface area contributed by atoms with Gasteiger partial charge in [-0.3, -0.25) is 14.6 Å². The molecule has 2 atom stereocenters. The van der Waals surface area contributed by atoms with Crippen LogP contribution in [-0.2, 0) is 31.4 Å². The van der Waals surface area contributed by atoms with Crippen molar-refractivity contribution in [2.45, 2.75) is 59.5 Å². The molecule has 1 saturated heterocycles. The largest absolute Gasteiger partial charge is 0.373 e. The number of nitrogens with one attached hydrogen (secondary N) is 2. The number of nitrogens with zero attached hydrogens (tertiary/aromatic N) is 4. The molecule has 1 fully saturated rings. The van der Waals surface area contributed by atoms with Gasteiger partial charge in [-0.1, -0.05) is 24.3 Å². The standard InChI is InChI=1S/C23H36N6O/c1-16-13-29(14-17(2)30-16)15-21-10-8-7-9-20(21)11-25-23(24-5)26-12-22-18(3)27-28(6)19(22)4/h7-10,16-17H,11-15H2,1-6H3,(H2,24,25,26). The molecule has 164 valence electrons. The highest BCUT2D eigenvalue weighted by Crippen LogP contribution is 2.17. The van der Waals surface area contributed by atoms with Crippen molar-refractivity contribution in [1.82, 2.24) is 25.3 Å². The SMILES string of the molecule is CN=C(NCc1ccccc1CN1CC(C)OC(C)C1)NCc1c(C)nn(C)c1C. The van der Waals surface area contributed by atoms with Crippen molar-refractivity contribution in [3.8, 4) is 0 Å². The van der Waals surface area contributed by atoms with E-state index in [1.807, 2.05) is 18.7 Å². The van der Waals surface area contributed by atoms with Gasteiger partial charge in [0, 0.05) is 58.1 Å². The normalized spacial score (nSPS) is 20.4. The second-order valence-corrected chi connectivity index (χ2v) is 8.27. The molecule has 2 aromatic rings. The van der Waals surface area contributed by atoms with Crippen molar-refractivity contribution in [3.63, 3.8) is 0 Å². The van der Waals surface area contributed by atoms with Crippen LogP contribution in [0.2, 0.25) is 0 Å². The first kappa shape index (κ1) is 22.3. The molecule has 0 radical (unpaired) electrons. The smallest absolute Gasteiger partial charge is 0.191 e. The molecule has 1 aromatic heterocycles. The summed E-state index contributed by atoms with van der Waals surface area (Å²) in [4.78, 5) is 6.87. The topological polar surface area (TPSA) is 66.7 Å². The summed E-state index contributed by atoms with van der Waals surface area (Å²) in [6.07, 6.45) is 0.558. The van der Waals surface area contributed by atoms with Crippen molar-refractivity contribution >= 4 is 5.96 Å². The molecule has 7 nitrogen and oxygen atoms in total. The average molecular weight is 413 g/mol. The zero-order valence-electron chi connectivity index (χ0n) is 19.2. The van der Waals surface area contributed by atoms with E-state index in [4.69, 9.17) is 4.74 Å². The first-order chi connectivity index (χ1) is 14.4. The van der Waals surface area contributed by atoms with E-state index < -0.39 is 0 Å². The molecular weight excluding hydrogens is 376 g/mol. The third-order valence-electron chi connectivity index (χ3n) is 5.77. The number of aryl methyl sites for hydroxylation is 2. The molecule has 0 amide bonds. The van der Waals surface area contributed by atoms with Crippen LogP contribution >= 0.6 is 0 Å². The van der Waals surface area contributed by atoms with E-state index >= 15 is 0 Å². The first-order valence-electron chi connectivity index (χ1n) is 10.8. The van der Waals surface area contributed by atoms with Crippen LogP contribution in [0, 0.1) is 13.8 Å². The Kier molecular flexibility index (Phi) is 7.50. The molecule has 1 aromatic carbocycles. The number of ether oxygens (including phenoxy) is 1. The Labute approximate surface area is 180 Å². The monoisotopic (exact) mass is 412 g/mol. The molecule has 2 unspecified atom stereocenters. The minimum absolute atomic E-state index is 0.279. The molecule has 0 saturated carbocycles. The molecule has 0 aliphatic carbocycles. The molecule has 0 spiro atoms. The van der Waals surface area contributed by atoms with Gasteiger partial charge in [0.15, 0.2) is 5.96 Å². The number of aliphatic imine (C=N–C) groups is 1. The quantitative estimate of drug-likeness (QED) is 0.564. The Balaban J connectivity index is 1.59. The van der Waals surface area contributed by atoms with Crippen molar-refractivity contribution in [2.24, 2.45) is 12.0 Å². The molecule has 2 heterocycles. The fraction of sp³-hybridized carbons (Fsp3) is 0.565. The number of guanidine groups is 1. The maximum Gasteiger partial charge on any atom is 0.191 e. The van der Waals surface area contributed by atoms with Crippen LogP contribution in [0.15, 0.2) is 29.3 Å². The van der Waals surface area contributed by atoms with Crippen LogP contribution < -0.4 is 10.6 Å². The predicted octanol–water partition coefficient (Wildman–Crippen LogP) is 2.51. The Morgan fingerprint density at radius 3 is 2.33 bits per heavy atom. The van der Waals surface area contributed by atoms with Gasteiger partial charge in [0.05, 0.1) is 17.9 Å². The van der Waals surface area contributed by atoms with Gasteiger partial charge in [0.25, 0.3) is 0 Å². The second kappa shape index (κ2) is 10.1. The summed E-state index contributed by atoms with van der Waals surface area (Å²) in [5, 5.41) is 11.4. The number of aromatic nitrogens is 2. The van der Waals surface area contributed by atoms with E-state index in [2.05, 4.69) is 70.7 Å². The van der Waals surface area contributed by atoms with Gasteiger partial charge >= 0.3 is 0 Å². The lowest BCUT2D eigenvalue weighted by molar-refractivity contribution is -0.0705. The molecule has 30 heavy (non-hydrogen) atoms. The van der Waals surface area contributed by atoms with E-state index in [9.17, 15) is 0 Å². The second-order valence-electron chi connectivity index (χ2n) is 8.27. The van der Waals surface area contributed by atoms with Gasteiger partial charge in [-0.15, -0.1) is 0 Å². The molecule has 1 aliphatic rings. The molecule has 0 bridgehead atoms. The Morgan fingerprint density at radius 2 is 1.73 bits per heavy atom. The lowest BCUT2D eigenvalue weighted by Crippen LogP contribution is -2.45. The third-order valence-corrected chi connectivity index (χ3v) is 5.77. The van der Waals surface area contributed by atoms with Gasteiger partial charge in [0.1, 0.15) is 0 Å². The van der Waals surface area contributed by atoms with Crippen LogP contribution in [-0.4, -0.2) is 53.0 Å². The summed E-state index contributed by atoms with van der Waals surface area (Å²) in [5.41, 5.74) is 6.09. The molecule has 7 heteroatoms. The van der Waals surface area contributed by atoms with Gasteiger partial charge in [0.2, 0.25) is 0 Å². The maximum atomic E-state index is 5.88. The summed E-state index contributed by atoms with van der Waals surface area (Å²) < 4.78 is 7.80. The van der Waals surface area contributed by atoms with Gasteiger partial charge in [-0.05, 0) is 38.8 Å². The predicted molar refractivity (Wildman–Crippen MR) is 121 cm³/mol. The van der Waals surface area contributed by atoms with E-state index in [-0.39, 0.29) is 12.2 Å². The molecule has 2 N–H and O–H groups in total. The zero-order valence-corrected chi connectivity index (χ0v) is 19.2. The summed E-state index contributed by atoms with van der Waals surface area (Å²) >= 11 is 0. The summed E-state index contributed by atoms with van der Waals surface area (Å²) in [6, 6.07) is 8.63. The van der Waals surface area contributed by atoms with Crippen molar-refractivity contribution < 1.29 is 4.74 Å². The van der Waals surface area contributed by atoms with E-state index in [1.54, 1.807) is 7.05 Å². The minimum Gasteiger partial charge on any atom is -0.373 e.